The topological polar surface area (TPSA) is 90.8 Å². The molecule has 0 aliphatic rings. The molecule has 0 aliphatic heterocycles. The van der Waals surface area contributed by atoms with Crippen LogP contribution >= 0.6 is 0 Å². The second-order valence-electron chi connectivity index (χ2n) is 5.80. The minimum absolute atomic E-state index is 0.0472. The molecule has 0 heterocycles. The maximum atomic E-state index is 12.9. The van der Waals surface area contributed by atoms with E-state index >= 15 is 0 Å². The van der Waals surface area contributed by atoms with Crippen molar-refractivity contribution in [3.05, 3.63) is 95.3 Å². The number of halogens is 1. The van der Waals surface area contributed by atoms with E-state index in [9.17, 15) is 19.1 Å². The van der Waals surface area contributed by atoms with Gasteiger partial charge >= 0.3 is 0 Å². The van der Waals surface area contributed by atoms with Crippen LogP contribution in [0.2, 0.25) is 0 Å². The van der Waals surface area contributed by atoms with Gasteiger partial charge in [0.25, 0.3) is 11.8 Å². The number of amides is 2. The quantitative estimate of drug-likeness (QED) is 0.469. The van der Waals surface area contributed by atoms with Crippen LogP contribution in [-0.2, 0) is 0 Å². The van der Waals surface area contributed by atoms with Crippen molar-refractivity contribution in [2.75, 3.05) is 5.32 Å². The average molecular weight is 377 g/mol. The number of anilines is 1. The summed E-state index contributed by atoms with van der Waals surface area (Å²) in [5.74, 6) is -1.29. The van der Waals surface area contributed by atoms with Crippen molar-refractivity contribution in [3.63, 3.8) is 0 Å². The predicted molar refractivity (Wildman–Crippen MR) is 104 cm³/mol. The Bertz CT molecular complexity index is 1030. The molecule has 3 N–H and O–H groups in total. The number of benzene rings is 3. The van der Waals surface area contributed by atoms with Gasteiger partial charge in [-0.05, 0) is 54.6 Å². The summed E-state index contributed by atoms with van der Waals surface area (Å²) in [7, 11) is 0. The van der Waals surface area contributed by atoms with Crippen LogP contribution in [0.3, 0.4) is 0 Å². The maximum Gasteiger partial charge on any atom is 0.271 e. The summed E-state index contributed by atoms with van der Waals surface area (Å²) >= 11 is 0. The van der Waals surface area contributed by atoms with E-state index in [-0.39, 0.29) is 11.3 Å². The normalized spacial score (nSPS) is 10.6. The number of nitrogens with zero attached hydrogens (tertiary/aromatic N) is 1. The van der Waals surface area contributed by atoms with Gasteiger partial charge in [0.1, 0.15) is 11.6 Å². The molecule has 0 unspecified atom stereocenters. The van der Waals surface area contributed by atoms with Gasteiger partial charge in [-0.15, -0.1) is 0 Å². The van der Waals surface area contributed by atoms with Gasteiger partial charge in [-0.25, -0.2) is 9.82 Å². The van der Waals surface area contributed by atoms with E-state index in [0.717, 1.165) is 0 Å². The summed E-state index contributed by atoms with van der Waals surface area (Å²) in [4.78, 5) is 24.4. The Morgan fingerprint density at radius 3 is 2.39 bits per heavy atom. The number of nitrogens with one attached hydrogen (secondary N) is 2. The van der Waals surface area contributed by atoms with Crippen molar-refractivity contribution >= 4 is 23.7 Å². The van der Waals surface area contributed by atoms with Crippen molar-refractivity contribution in [2.24, 2.45) is 5.10 Å². The highest BCUT2D eigenvalue weighted by molar-refractivity contribution is 6.05. The lowest BCUT2D eigenvalue weighted by Crippen LogP contribution is -2.18. The second kappa shape index (κ2) is 8.59. The molecule has 0 aliphatic carbocycles. The lowest BCUT2D eigenvalue weighted by molar-refractivity contribution is 0.0953. The van der Waals surface area contributed by atoms with E-state index in [1.165, 1.54) is 42.6 Å². The first-order valence-electron chi connectivity index (χ1n) is 8.31. The molecular formula is C21H16FN3O3. The number of hydrogen-bond acceptors (Lipinski definition) is 4. The lowest BCUT2D eigenvalue weighted by Gasteiger charge is -2.07. The lowest BCUT2D eigenvalue weighted by atomic mass is 10.1. The zero-order valence-electron chi connectivity index (χ0n) is 14.6. The van der Waals surface area contributed by atoms with Gasteiger partial charge in [-0.2, -0.15) is 5.10 Å². The zero-order chi connectivity index (χ0) is 19.9. The standard InChI is InChI=1S/C21H16FN3O3/c22-17-10-8-14(9-11-17)20(27)24-18-6-3-5-15(12-18)21(28)25-23-13-16-4-1-2-7-19(16)26/h1-13,26H,(H,24,27)(H,25,28)/b23-13-. The van der Waals surface area contributed by atoms with E-state index in [2.05, 4.69) is 15.8 Å². The first-order chi connectivity index (χ1) is 13.5. The van der Waals surface area contributed by atoms with Crippen LogP contribution < -0.4 is 10.7 Å². The number of phenols is 1. The smallest absolute Gasteiger partial charge is 0.271 e. The number of rotatable bonds is 5. The van der Waals surface area contributed by atoms with E-state index < -0.39 is 17.6 Å². The number of para-hydroxylation sites is 1. The summed E-state index contributed by atoms with van der Waals surface area (Å²) in [6.07, 6.45) is 1.33. The summed E-state index contributed by atoms with van der Waals surface area (Å²) < 4.78 is 12.9. The number of carbonyl (C=O) groups is 2. The van der Waals surface area contributed by atoms with Gasteiger partial charge in [-0.1, -0.05) is 18.2 Å². The molecule has 3 aromatic carbocycles. The SMILES string of the molecule is O=C(N/N=C\c1ccccc1O)c1cccc(NC(=O)c2ccc(F)cc2)c1. The Balaban J connectivity index is 1.65. The Morgan fingerprint density at radius 2 is 1.64 bits per heavy atom. The fourth-order valence-corrected chi connectivity index (χ4v) is 2.36. The van der Waals surface area contributed by atoms with Gasteiger partial charge in [0.15, 0.2) is 0 Å². The van der Waals surface area contributed by atoms with Crippen LogP contribution in [0.5, 0.6) is 5.75 Å². The van der Waals surface area contributed by atoms with Crippen LogP contribution in [0.4, 0.5) is 10.1 Å². The molecule has 0 saturated carbocycles. The van der Waals surface area contributed by atoms with Gasteiger partial charge in [0.05, 0.1) is 6.21 Å². The first-order valence-corrected chi connectivity index (χ1v) is 8.31. The Hall–Kier alpha value is -4.00. The second-order valence-corrected chi connectivity index (χ2v) is 5.80. The highest BCUT2D eigenvalue weighted by atomic mass is 19.1. The van der Waals surface area contributed by atoms with Gasteiger partial charge in [-0.3, -0.25) is 9.59 Å². The van der Waals surface area contributed by atoms with Crippen molar-refractivity contribution in [3.8, 4) is 5.75 Å². The summed E-state index contributed by atoms with van der Waals surface area (Å²) in [5, 5.41) is 16.1. The van der Waals surface area contributed by atoms with Crippen molar-refractivity contribution < 1.29 is 19.1 Å². The predicted octanol–water partition coefficient (Wildman–Crippen LogP) is 3.55. The molecule has 28 heavy (non-hydrogen) atoms. The summed E-state index contributed by atoms with van der Waals surface area (Å²) in [5.41, 5.74) is 3.81. The summed E-state index contributed by atoms with van der Waals surface area (Å²) in [6.45, 7) is 0. The average Bonchev–Trinajstić information content (AvgIpc) is 2.70. The minimum atomic E-state index is -0.482. The Morgan fingerprint density at radius 1 is 0.893 bits per heavy atom. The molecule has 0 spiro atoms. The van der Waals surface area contributed by atoms with Crippen LogP contribution in [0, 0.1) is 5.82 Å². The van der Waals surface area contributed by atoms with E-state index in [0.29, 0.717) is 16.8 Å². The van der Waals surface area contributed by atoms with Gasteiger partial charge in [0, 0.05) is 22.4 Å². The third-order valence-corrected chi connectivity index (χ3v) is 3.80. The number of aromatic hydroxyl groups is 1. The molecule has 7 heteroatoms. The number of carbonyl (C=O) groups excluding carboxylic acids is 2. The Labute approximate surface area is 160 Å². The molecular weight excluding hydrogens is 361 g/mol. The monoisotopic (exact) mass is 377 g/mol. The molecule has 0 saturated heterocycles. The van der Waals surface area contributed by atoms with Crippen molar-refractivity contribution in [1.82, 2.24) is 5.43 Å². The Kier molecular flexibility index (Phi) is 5.76. The number of phenolic OH excluding ortho intramolecular Hbond substituents is 1. The molecule has 2 amide bonds. The van der Waals surface area contributed by atoms with Crippen LogP contribution in [0.1, 0.15) is 26.3 Å². The van der Waals surface area contributed by atoms with E-state index in [4.69, 9.17) is 0 Å². The largest absolute Gasteiger partial charge is 0.507 e. The molecule has 140 valence electrons. The van der Waals surface area contributed by atoms with Crippen molar-refractivity contribution in [1.29, 1.82) is 0 Å². The maximum absolute atomic E-state index is 12.9. The van der Waals surface area contributed by atoms with E-state index in [1.807, 2.05) is 0 Å². The molecule has 6 nitrogen and oxygen atoms in total. The first kappa shape index (κ1) is 18.8. The van der Waals surface area contributed by atoms with Crippen molar-refractivity contribution in [2.45, 2.75) is 0 Å². The van der Waals surface area contributed by atoms with Crippen LogP contribution in [0.15, 0.2) is 77.9 Å². The van der Waals surface area contributed by atoms with Gasteiger partial charge < -0.3 is 10.4 Å². The molecule has 0 atom stereocenters. The molecule has 0 aromatic heterocycles. The molecule has 0 bridgehead atoms. The highest BCUT2D eigenvalue weighted by Gasteiger charge is 2.09. The number of hydrogen-bond donors (Lipinski definition) is 3. The fourth-order valence-electron chi connectivity index (χ4n) is 2.36. The fraction of sp³-hybridized carbons (Fsp3) is 0. The van der Waals surface area contributed by atoms with Gasteiger partial charge in [0.2, 0.25) is 0 Å². The zero-order valence-corrected chi connectivity index (χ0v) is 14.6. The minimum Gasteiger partial charge on any atom is -0.507 e. The highest BCUT2D eigenvalue weighted by Crippen LogP contribution is 2.14. The third kappa shape index (κ3) is 4.79. The molecule has 3 rings (SSSR count). The molecule has 0 radical (unpaired) electrons. The number of hydrazone groups is 1. The summed E-state index contributed by atoms with van der Waals surface area (Å²) in [6, 6.07) is 18.0. The molecule has 0 fully saturated rings. The molecule has 3 aromatic rings. The van der Waals surface area contributed by atoms with Crippen LogP contribution in [-0.4, -0.2) is 23.1 Å². The van der Waals surface area contributed by atoms with Crippen LogP contribution in [0.25, 0.3) is 0 Å². The van der Waals surface area contributed by atoms with E-state index in [1.54, 1.807) is 36.4 Å². The third-order valence-electron chi connectivity index (χ3n) is 3.80.